The minimum Gasteiger partial charge on any atom is -0.481 e. The van der Waals surface area contributed by atoms with Crippen LogP contribution in [0.5, 0.6) is 0 Å². The Morgan fingerprint density at radius 1 is 1.35 bits per heavy atom. The van der Waals surface area contributed by atoms with Crippen molar-refractivity contribution in [2.75, 3.05) is 24.7 Å². The molecule has 1 saturated heterocycles. The smallest absolute Gasteiger partial charge is 0.311 e. The molecule has 1 aromatic heterocycles. The van der Waals surface area contributed by atoms with Crippen LogP contribution in [0.2, 0.25) is 0 Å². The SMILES string of the molecule is CCCN(c1nnc(C)c(C)n1)C1COCC1C(=O)O. The molecule has 2 atom stereocenters. The topological polar surface area (TPSA) is 88.4 Å². The lowest BCUT2D eigenvalue weighted by Gasteiger charge is -2.29. The molecule has 0 aromatic carbocycles. The van der Waals surface area contributed by atoms with E-state index in [2.05, 4.69) is 15.2 Å². The highest BCUT2D eigenvalue weighted by atomic mass is 16.5. The number of rotatable bonds is 5. The van der Waals surface area contributed by atoms with Gasteiger partial charge in [0.05, 0.1) is 30.6 Å². The van der Waals surface area contributed by atoms with E-state index in [4.69, 9.17) is 4.74 Å². The summed E-state index contributed by atoms with van der Waals surface area (Å²) in [5, 5.41) is 17.5. The predicted molar refractivity (Wildman–Crippen MR) is 72.7 cm³/mol. The van der Waals surface area contributed by atoms with Crippen LogP contribution in [0.25, 0.3) is 0 Å². The van der Waals surface area contributed by atoms with Gasteiger partial charge in [0.2, 0.25) is 5.95 Å². The van der Waals surface area contributed by atoms with Crippen molar-refractivity contribution in [2.45, 2.75) is 33.2 Å². The normalized spacial score (nSPS) is 21.9. The summed E-state index contributed by atoms with van der Waals surface area (Å²) in [6.07, 6.45) is 0.874. The summed E-state index contributed by atoms with van der Waals surface area (Å²) in [4.78, 5) is 17.7. The van der Waals surface area contributed by atoms with Gasteiger partial charge in [0.15, 0.2) is 0 Å². The molecule has 20 heavy (non-hydrogen) atoms. The Morgan fingerprint density at radius 2 is 2.10 bits per heavy atom. The van der Waals surface area contributed by atoms with E-state index in [1.54, 1.807) is 0 Å². The van der Waals surface area contributed by atoms with E-state index in [9.17, 15) is 9.90 Å². The van der Waals surface area contributed by atoms with Crippen LogP contribution >= 0.6 is 0 Å². The molecule has 0 aliphatic carbocycles. The highest BCUT2D eigenvalue weighted by Gasteiger charge is 2.39. The maximum atomic E-state index is 11.3. The lowest BCUT2D eigenvalue weighted by atomic mass is 10.0. The number of carboxylic acid groups (broad SMARTS) is 1. The zero-order valence-electron chi connectivity index (χ0n) is 12.0. The summed E-state index contributed by atoms with van der Waals surface area (Å²) in [7, 11) is 0. The fraction of sp³-hybridized carbons (Fsp3) is 0.692. The van der Waals surface area contributed by atoms with Crippen molar-refractivity contribution >= 4 is 11.9 Å². The third kappa shape index (κ3) is 2.87. The fourth-order valence-corrected chi connectivity index (χ4v) is 2.31. The van der Waals surface area contributed by atoms with Crippen LogP contribution < -0.4 is 4.90 Å². The van der Waals surface area contributed by atoms with E-state index >= 15 is 0 Å². The lowest BCUT2D eigenvalue weighted by molar-refractivity contribution is -0.142. The number of aromatic nitrogens is 3. The van der Waals surface area contributed by atoms with E-state index < -0.39 is 11.9 Å². The summed E-state index contributed by atoms with van der Waals surface area (Å²) in [5.41, 5.74) is 1.59. The molecule has 1 fully saturated rings. The zero-order chi connectivity index (χ0) is 14.7. The number of hydrogen-bond donors (Lipinski definition) is 1. The van der Waals surface area contributed by atoms with Gasteiger partial charge in [-0.05, 0) is 20.3 Å². The van der Waals surface area contributed by atoms with Gasteiger partial charge in [0, 0.05) is 6.54 Å². The van der Waals surface area contributed by atoms with Crippen LogP contribution in [0, 0.1) is 19.8 Å². The molecule has 1 aliphatic rings. The average molecular weight is 280 g/mol. The molecule has 0 radical (unpaired) electrons. The maximum Gasteiger partial charge on any atom is 0.311 e. The monoisotopic (exact) mass is 280 g/mol. The molecule has 0 spiro atoms. The van der Waals surface area contributed by atoms with Gasteiger partial charge in [0.1, 0.15) is 5.92 Å². The minimum atomic E-state index is -0.842. The molecule has 2 heterocycles. The van der Waals surface area contributed by atoms with Gasteiger partial charge in [-0.2, -0.15) is 5.10 Å². The predicted octanol–water partition coefficient (Wildman–Crippen LogP) is 0.804. The van der Waals surface area contributed by atoms with Crippen molar-refractivity contribution in [3.05, 3.63) is 11.4 Å². The maximum absolute atomic E-state index is 11.3. The molecule has 1 N–H and O–H groups in total. The van der Waals surface area contributed by atoms with Crippen LogP contribution in [0.15, 0.2) is 0 Å². The lowest BCUT2D eigenvalue weighted by Crippen LogP contribution is -2.44. The summed E-state index contributed by atoms with van der Waals surface area (Å²) in [5.74, 6) is -0.908. The second-order valence-corrected chi connectivity index (χ2v) is 5.03. The van der Waals surface area contributed by atoms with Crippen molar-refractivity contribution in [3.8, 4) is 0 Å². The first-order valence-corrected chi connectivity index (χ1v) is 6.79. The molecule has 1 aromatic rings. The molecule has 0 bridgehead atoms. The van der Waals surface area contributed by atoms with Crippen molar-refractivity contribution < 1.29 is 14.6 Å². The Hall–Kier alpha value is -1.76. The number of carboxylic acids is 1. The number of ether oxygens (including phenoxy) is 1. The van der Waals surface area contributed by atoms with Crippen LogP contribution in [-0.4, -0.2) is 52.1 Å². The summed E-state index contributed by atoms with van der Waals surface area (Å²) < 4.78 is 5.34. The Kier molecular flexibility index (Phi) is 4.49. The van der Waals surface area contributed by atoms with Crippen LogP contribution in [0.3, 0.4) is 0 Å². The van der Waals surface area contributed by atoms with Crippen molar-refractivity contribution in [3.63, 3.8) is 0 Å². The van der Waals surface area contributed by atoms with Crippen LogP contribution in [0.1, 0.15) is 24.7 Å². The molecule has 2 unspecified atom stereocenters. The highest BCUT2D eigenvalue weighted by Crippen LogP contribution is 2.24. The molecule has 7 heteroatoms. The summed E-state index contributed by atoms with van der Waals surface area (Å²) in [6, 6.07) is -0.239. The Bertz CT molecular complexity index is 495. The number of hydrogen-bond acceptors (Lipinski definition) is 6. The Labute approximate surface area is 118 Å². The number of aryl methyl sites for hydroxylation is 2. The second kappa shape index (κ2) is 6.13. The first-order chi connectivity index (χ1) is 9.54. The molecular weight excluding hydrogens is 260 g/mol. The van der Waals surface area contributed by atoms with Gasteiger partial charge >= 0.3 is 5.97 Å². The van der Waals surface area contributed by atoms with E-state index in [1.165, 1.54) is 0 Å². The molecule has 1 aliphatic heterocycles. The van der Waals surface area contributed by atoms with Gasteiger partial charge in [-0.3, -0.25) is 4.79 Å². The summed E-state index contributed by atoms with van der Waals surface area (Å²) >= 11 is 0. The average Bonchev–Trinajstić information content (AvgIpc) is 2.88. The molecule has 110 valence electrons. The van der Waals surface area contributed by atoms with Crippen molar-refractivity contribution in [1.82, 2.24) is 15.2 Å². The van der Waals surface area contributed by atoms with Gasteiger partial charge in [-0.1, -0.05) is 6.92 Å². The molecule has 0 amide bonds. The minimum absolute atomic E-state index is 0.235. The standard InChI is InChI=1S/C13H20N4O3/c1-4-5-17(11-7-20-6-10(11)12(18)19)13-14-8(2)9(3)15-16-13/h10-11H,4-7H2,1-3H3,(H,18,19). The van der Waals surface area contributed by atoms with Gasteiger partial charge < -0.3 is 14.7 Å². The number of carbonyl (C=O) groups is 1. The van der Waals surface area contributed by atoms with Crippen LogP contribution in [-0.2, 0) is 9.53 Å². The van der Waals surface area contributed by atoms with Crippen molar-refractivity contribution in [2.24, 2.45) is 5.92 Å². The quantitative estimate of drug-likeness (QED) is 0.853. The molecule has 7 nitrogen and oxygen atoms in total. The number of aliphatic carboxylic acids is 1. The fourth-order valence-electron chi connectivity index (χ4n) is 2.31. The summed E-state index contributed by atoms with van der Waals surface area (Å²) in [6.45, 7) is 7.06. The van der Waals surface area contributed by atoms with E-state index in [0.29, 0.717) is 19.1 Å². The highest BCUT2D eigenvalue weighted by molar-refractivity contribution is 5.72. The van der Waals surface area contributed by atoms with Gasteiger partial charge in [0.25, 0.3) is 0 Å². The Morgan fingerprint density at radius 3 is 2.70 bits per heavy atom. The van der Waals surface area contributed by atoms with E-state index in [-0.39, 0.29) is 12.6 Å². The zero-order valence-corrected chi connectivity index (χ0v) is 12.0. The largest absolute Gasteiger partial charge is 0.481 e. The number of anilines is 1. The third-order valence-corrected chi connectivity index (χ3v) is 3.57. The molecular formula is C13H20N4O3. The molecule has 2 rings (SSSR count). The second-order valence-electron chi connectivity index (χ2n) is 5.03. The van der Waals surface area contributed by atoms with E-state index in [1.807, 2.05) is 25.7 Å². The Balaban J connectivity index is 2.30. The van der Waals surface area contributed by atoms with E-state index in [0.717, 1.165) is 17.8 Å². The van der Waals surface area contributed by atoms with Crippen LogP contribution in [0.4, 0.5) is 5.95 Å². The first-order valence-electron chi connectivity index (χ1n) is 6.79. The number of nitrogens with zero attached hydrogens (tertiary/aromatic N) is 4. The molecule has 0 saturated carbocycles. The van der Waals surface area contributed by atoms with Gasteiger partial charge in [-0.25, -0.2) is 4.98 Å². The third-order valence-electron chi connectivity index (χ3n) is 3.57. The van der Waals surface area contributed by atoms with Gasteiger partial charge in [-0.15, -0.1) is 5.10 Å². The van der Waals surface area contributed by atoms with Crippen molar-refractivity contribution in [1.29, 1.82) is 0 Å². The first kappa shape index (κ1) is 14.6.